The number of hydrogen-bond donors (Lipinski definition) is 1. The van der Waals surface area contributed by atoms with Gasteiger partial charge in [-0.25, -0.2) is 0 Å². The van der Waals surface area contributed by atoms with Gasteiger partial charge in [-0.05, 0) is 45.4 Å². The Kier molecular flexibility index (Phi) is 4.91. The molecule has 0 aromatic rings. The highest BCUT2D eigenvalue weighted by atomic mass is 16.5. The summed E-state index contributed by atoms with van der Waals surface area (Å²) in [6, 6.07) is -0.395. The van der Waals surface area contributed by atoms with Gasteiger partial charge in [-0.15, -0.1) is 0 Å². The monoisotopic (exact) mass is 296 g/mol. The fraction of sp³-hybridized carbons (Fsp3) is 0.875. The van der Waals surface area contributed by atoms with E-state index in [0.29, 0.717) is 12.6 Å². The molecular formula is C16H28N2O3. The number of hydrogen-bond acceptors (Lipinski definition) is 3. The third kappa shape index (κ3) is 3.39. The van der Waals surface area contributed by atoms with Crippen LogP contribution in [0.1, 0.15) is 53.4 Å². The van der Waals surface area contributed by atoms with Crippen molar-refractivity contribution in [3.8, 4) is 0 Å². The highest BCUT2D eigenvalue weighted by Crippen LogP contribution is 2.25. The van der Waals surface area contributed by atoms with Crippen molar-refractivity contribution >= 4 is 11.8 Å². The van der Waals surface area contributed by atoms with Gasteiger partial charge >= 0.3 is 0 Å². The SMILES string of the molecule is CC(C)C1NC(=O)C(C)(C)N(CCCC2CCCO2)C1=O. The van der Waals surface area contributed by atoms with E-state index < -0.39 is 11.6 Å². The highest BCUT2D eigenvalue weighted by Gasteiger charge is 2.46. The third-order valence-electron chi connectivity index (χ3n) is 4.65. The van der Waals surface area contributed by atoms with Gasteiger partial charge in [-0.2, -0.15) is 0 Å². The second-order valence-electron chi connectivity index (χ2n) is 7.02. The lowest BCUT2D eigenvalue weighted by Gasteiger charge is -2.45. The maximum Gasteiger partial charge on any atom is 0.246 e. The van der Waals surface area contributed by atoms with Gasteiger partial charge in [-0.3, -0.25) is 9.59 Å². The van der Waals surface area contributed by atoms with Gasteiger partial charge in [0.1, 0.15) is 11.6 Å². The second kappa shape index (κ2) is 6.34. The zero-order chi connectivity index (χ0) is 15.6. The average molecular weight is 296 g/mol. The molecule has 2 aliphatic rings. The van der Waals surface area contributed by atoms with E-state index in [9.17, 15) is 9.59 Å². The Morgan fingerprint density at radius 1 is 1.38 bits per heavy atom. The van der Waals surface area contributed by atoms with Crippen LogP contribution in [0.3, 0.4) is 0 Å². The first-order valence-electron chi connectivity index (χ1n) is 8.08. The number of carbonyl (C=O) groups excluding carboxylic acids is 2. The van der Waals surface area contributed by atoms with Crippen molar-refractivity contribution in [2.24, 2.45) is 5.92 Å². The van der Waals surface area contributed by atoms with E-state index >= 15 is 0 Å². The number of carbonyl (C=O) groups is 2. The first-order chi connectivity index (χ1) is 9.84. The van der Waals surface area contributed by atoms with Gasteiger partial charge < -0.3 is 15.0 Å². The largest absolute Gasteiger partial charge is 0.378 e. The Labute approximate surface area is 127 Å². The van der Waals surface area contributed by atoms with E-state index in [1.807, 2.05) is 27.7 Å². The highest BCUT2D eigenvalue weighted by molar-refractivity contribution is 5.99. The quantitative estimate of drug-likeness (QED) is 0.840. The van der Waals surface area contributed by atoms with Crippen LogP contribution < -0.4 is 5.32 Å². The van der Waals surface area contributed by atoms with Crippen LogP contribution in [-0.4, -0.2) is 47.6 Å². The molecule has 0 aromatic heterocycles. The van der Waals surface area contributed by atoms with E-state index in [1.165, 1.54) is 0 Å². The topological polar surface area (TPSA) is 58.6 Å². The molecule has 2 aliphatic heterocycles. The molecule has 5 heteroatoms. The number of ether oxygens (including phenoxy) is 1. The zero-order valence-corrected chi connectivity index (χ0v) is 13.6. The van der Waals surface area contributed by atoms with Crippen molar-refractivity contribution in [2.45, 2.75) is 71.1 Å². The normalized spacial score (nSPS) is 29.1. The molecule has 2 unspecified atom stereocenters. The van der Waals surface area contributed by atoms with Crippen LogP contribution in [0.15, 0.2) is 0 Å². The lowest BCUT2D eigenvalue weighted by Crippen LogP contribution is -2.69. The van der Waals surface area contributed by atoms with Crippen LogP contribution in [0.4, 0.5) is 0 Å². The molecule has 21 heavy (non-hydrogen) atoms. The van der Waals surface area contributed by atoms with E-state index in [1.54, 1.807) is 4.90 Å². The van der Waals surface area contributed by atoms with Gasteiger partial charge in [0, 0.05) is 13.2 Å². The Hall–Kier alpha value is -1.10. The predicted octanol–water partition coefficient (Wildman–Crippen LogP) is 1.71. The summed E-state index contributed by atoms with van der Waals surface area (Å²) in [6.45, 7) is 9.06. The molecule has 0 saturated carbocycles. The molecule has 2 fully saturated rings. The van der Waals surface area contributed by atoms with Crippen LogP contribution >= 0.6 is 0 Å². The third-order valence-corrected chi connectivity index (χ3v) is 4.65. The van der Waals surface area contributed by atoms with Crippen LogP contribution in [0.5, 0.6) is 0 Å². The Morgan fingerprint density at radius 2 is 2.10 bits per heavy atom. The van der Waals surface area contributed by atoms with Crippen LogP contribution in [0, 0.1) is 5.92 Å². The molecular weight excluding hydrogens is 268 g/mol. The van der Waals surface area contributed by atoms with Crippen LogP contribution in [0.2, 0.25) is 0 Å². The number of nitrogens with zero attached hydrogens (tertiary/aromatic N) is 1. The van der Waals surface area contributed by atoms with E-state index in [0.717, 1.165) is 32.3 Å². The minimum Gasteiger partial charge on any atom is -0.378 e. The molecule has 5 nitrogen and oxygen atoms in total. The molecule has 2 atom stereocenters. The second-order valence-corrected chi connectivity index (χ2v) is 7.02. The van der Waals surface area contributed by atoms with Crippen molar-refractivity contribution in [3.63, 3.8) is 0 Å². The van der Waals surface area contributed by atoms with Crippen molar-refractivity contribution in [1.29, 1.82) is 0 Å². The smallest absolute Gasteiger partial charge is 0.246 e. The van der Waals surface area contributed by atoms with Crippen LogP contribution in [-0.2, 0) is 14.3 Å². The van der Waals surface area contributed by atoms with Gasteiger partial charge in [0.2, 0.25) is 11.8 Å². The van der Waals surface area contributed by atoms with E-state index in [4.69, 9.17) is 4.74 Å². The molecule has 1 N–H and O–H groups in total. The maximum absolute atomic E-state index is 12.6. The maximum atomic E-state index is 12.6. The molecule has 120 valence electrons. The molecule has 0 bridgehead atoms. The van der Waals surface area contributed by atoms with Crippen molar-refractivity contribution in [3.05, 3.63) is 0 Å². The molecule has 0 radical (unpaired) electrons. The fourth-order valence-corrected chi connectivity index (χ4v) is 3.14. The van der Waals surface area contributed by atoms with E-state index in [2.05, 4.69) is 5.32 Å². The van der Waals surface area contributed by atoms with Gasteiger partial charge in [0.25, 0.3) is 0 Å². The first kappa shape index (κ1) is 16.3. The summed E-state index contributed by atoms with van der Waals surface area (Å²) < 4.78 is 5.62. The number of rotatable bonds is 5. The molecule has 0 aromatic carbocycles. The number of amides is 2. The number of nitrogens with one attached hydrogen (secondary N) is 1. The lowest BCUT2D eigenvalue weighted by molar-refractivity contribution is -0.156. The summed E-state index contributed by atoms with van der Waals surface area (Å²) in [5.41, 5.74) is -0.765. The first-order valence-corrected chi connectivity index (χ1v) is 8.08. The molecule has 2 heterocycles. The summed E-state index contributed by atoms with van der Waals surface area (Å²) in [5.74, 6) is 0.0954. The Morgan fingerprint density at radius 3 is 2.67 bits per heavy atom. The molecule has 0 aliphatic carbocycles. The summed E-state index contributed by atoms with van der Waals surface area (Å²) in [6.07, 6.45) is 4.44. The summed E-state index contributed by atoms with van der Waals surface area (Å²) in [4.78, 5) is 26.7. The summed E-state index contributed by atoms with van der Waals surface area (Å²) in [5, 5.41) is 2.86. The summed E-state index contributed by atoms with van der Waals surface area (Å²) >= 11 is 0. The lowest BCUT2D eigenvalue weighted by atomic mass is 9.91. The fourth-order valence-electron chi connectivity index (χ4n) is 3.14. The molecule has 2 amide bonds. The average Bonchev–Trinajstić information content (AvgIpc) is 2.91. The minimum atomic E-state index is -0.765. The van der Waals surface area contributed by atoms with Crippen molar-refractivity contribution < 1.29 is 14.3 Å². The molecule has 2 rings (SSSR count). The summed E-state index contributed by atoms with van der Waals surface area (Å²) in [7, 11) is 0. The van der Waals surface area contributed by atoms with Gasteiger partial charge in [0.05, 0.1) is 6.10 Å². The Bertz CT molecular complexity index is 400. The minimum absolute atomic E-state index is 0.0435. The zero-order valence-electron chi connectivity index (χ0n) is 13.6. The number of piperazine rings is 1. The van der Waals surface area contributed by atoms with E-state index in [-0.39, 0.29) is 17.7 Å². The predicted molar refractivity (Wildman–Crippen MR) is 80.8 cm³/mol. The van der Waals surface area contributed by atoms with Crippen molar-refractivity contribution in [1.82, 2.24) is 10.2 Å². The molecule has 0 spiro atoms. The van der Waals surface area contributed by atoms with Gasteiger partial charge in [0.15, 0.2) is 0 Å². The molecule has 2 saturated heterocycles. The Balaban J connectivity index is 1.98. The van der Waals surface area contributed by atoms with Gasteiger partial charge in [-0.1, -0.05) is 13.8 Å². The van der Waals surface area contributed by atoms with Crippen molar-refractivity contribution in [2.75, 3.05) is 13.2 Å². The standard InChI is InChI=1S/C16H28N2O3/c1-11(2)13-14(19)18(16(3,4)15(20)17-13)9-5-7-12-8-6-10-21-12/h11-13H,5-10H2,1-4H3,(H,17,20). The van der Waals surface area contributed by atoms with Crippen LogP contribution in [0.25, 0.3) is 0 Å².